The van der Waals surface area contributed by atoms with E-state index in [0.29, 0.717) is 23.5 Å². The fraction of sp³-hybridized carbons (Fsp3) is 0.583. The van der Waals surface area contributed by atoms with Crippen LogP contribution in [0.15, 0.2) is 4.79 Å². The second-order valence-electron chi connectivity index (χ2n) is 4.19. The summed E-state index contributed by atoms with van der Waals surface area (Å²) in [6.45, 7) is 7.60. The lowest BCUT2D eigenvalue weighted by atomic mass is 9.98. The molecule has 1 atom stereocenters. The molecule has 0 radical (unpaired) electrons. The van der Waals surface area contributed by atoms with Crippen LogP contribution in [0.4, 0.5) is 0 Å². The van der Waals surface area contributed by atoms with Crippen LogP contribution in [0.25, 0.3) is 0 Å². The van der Waals surface area contributed by atoms with Crippen LogP contribution in [0, 0.1) is 13.8 Å². The van der Waals surface area contributed by atoms with E-state index in [2.05, 4.69) is 4.98 Å². The van der Waals surface area contributed by atoms with Gasteiger partial charge in [-0.1, -0.05) is 6.92 Å². The van der Waals surface area contributed by atoms with Crippen molar-refractivity contribution in [3.8, 4) is 0 Å². The second-order valence-corrected chi connectivity index (χ2v) is 4.19. The number of carboxylic acid groups (broad SMARTS) is 1. The highest BCUT2D eigenvalue weighted by Gasteiger charge is 2.21. The van der Waals surface area contributed by atoms with Crippen molar-refractivity contribution in [1.29, 1.82) is 0 Å². The lowest BCUT2D eigenvalue weighted by Crippen LogP contribution is -2.29. The molecule has 0 saturated heterocycles. The largest absolute Gasteiger partial charge is 0.481 e. The van der Waals surface area contributed by atoms with Crippen LogP contribution >= 0.6 is 0 Å². The Hall–Kier alpha value is -1.65. The quantitative estimate of drug-likeness (QED) is 0.861. The van der Waals surface area contributed by atoms with Gasteiger partial charge in [-0.15, -0.1) is 0 Å². The third-order valence-corrected chi connectivity index (χ3v) is 2.93. The molecule has 1 aromatic rings. The van der Waals surface area contributed by atoms with Gasteiger partial charge in [-0.2, -0.15) is 4.98 Å². The number of carbonyl (C=O) groups is 1. The third-order valence-electron chi connectivity index (χ3n) is 2.93. The van der Waals surface area contributed by atoms with Gasteiger partial charge >= 0.3 is 11.7 Å². The number of aromatic nitrogens is 2. The first-order valence-electron chi connectivity index (χ1n) is 5.70. The molecule has 1 N–H and O–H groups in total. The molecule has 1 rings (SSSR count). The Bertz CT molecular complexity index is 491. The molecule has 0 bridgehead atoms. The van der Waals surface area contributed by atoms with Crippen molar-refractivity contribution in [3.05, 3.63) is 27.4 Å². The number of hydrogen-bond donors (Lipinski definition) is 1. The molecule has 0 saturated carbocycles. The van der Waals surface area contributed by atoms with Gasteiger partial charge in [0.2, 0.25) is 0 Å². The van der Waals surface area contributed by atoms with E-state index in [0.717, 1.165) is 6.42 Å². The number of aryl methyl sites for hydroxylation is 1. The van der Waals surface area contributed by atoms with Gasteiger partial charge in [0.1, 0.15) is 0 Å². The van der Waals surface area contributed by atoms with Crippen LogP contribution < -0.4 is 5.69 Å². The van der Waals surface area contributed by atoms with Crippen LogP contribution in [0.3, 0.4) is 0 Å². The maximum atomic E-state index is 11.7. The smallest absolute Gasteiger partial charge is 0.347 e. The summed E-state index contributed by atoms with van der Waals surface area (Å²) in [4.78, 5) is 26.6. The maximum absolute atomic E-state index is 11.7. The fourth-order valence-electron chi connectivity index (χ4n) is 2.05. The predicted molar refractivity (Wildman–Crippen MR) is 64.3 cm³/mol. The zero-order valence-corrected chi connectivity index (χ0v) is 10.6. The van der Waals surface area contributed by atoms with E-state index in [1.165, 1.54) is 0 Å². The predicted octanol–water partition coefficient (Wildman–Crippen LogP) is 1.46. The third kappa shape index (κ3) is 2.54. The summed E-state index contributed by atoms with van der Waals surface area (Å²) in [5.74, 6) is -1.55. The Balaban J connectivity index is 3.45. The number of aliphatic carboxylic acids is 1. The molecule has 1 unspecified atom stereocenters. The summed E-state index contributed by atoms with van der Waals surface area (Å²) < 4.78 is 1.54. The minimum atomic E-state index is -0.903. The highest BCUT2D eigenvalue weighted by atomic mass is 16.4. The summed E-state index contributed by atoms with van der Waals surface area (Å²) in [6.07, 6.45) is 0.812. The van der Waals surface area contributed by atoms with E-state index in [9.17, 15) is 9.59 Å². The Morgan fingerprint density at radius 2 is 2.06 bits per heavy atom. The lowest BCUT2D eigenvalue weighted by Gasteiger charge is -2.17. The van der Waals surface area contributed by atoms with Gasteiger partial charge in [0, 0.05) is 23.5 Å². The zero-order chi connectivity index (χ0) is 13.2. The van der Waals surface area contributed by atoms with Crippen molar-refractivity contribution in [2.24, 2.45) is 0 Å². The van der Waals surface area contributed by atoms with Crippen molar-refractivity contribution in [2.75, 3.05) is 0 Å². The van der Waals surface area contributed by atoms with E-state index in [1.54, 1.807) is 25.3 Å². The average Bonchev–Trinajstić information content (AvgIpc) is 2.23. The number of nitrogens with zero attached hydrogens (tertiary/aromatic N) is 2. The summed E-state index contributed by atoms with van der Waals surface area (Å²) in [7, 11) is 0. The summed E-state index contributed by atoms with van der Waals surface area (Å²) in [5.41, 5.74) is 1.56. The van der Waals surface area contributed by atoms with Crippen molar-refractivity contribution < 1.29 is 9.90 Å². The molecule has 0 aliphatic rings. The maximum Gasteiger partial charge on any atom is 0.347 e. The Morgan fingerprint density at radius 1 is 1.47 bits per heavy atom. The molecule has 1 heterocycles. The van der Waals surface area contributed by atoms with Crippen LogP contribution in [0.1, 0.15) is 43.1 Å². The molecule has 0 aromatic carbocycles. The molecule has 0 aliphatic carbocycles. The van der Waals surface area contributed by atoms with Crippen molar-refractivity contribution in [2.45, 2.75) is 46.6 Å². The van der Waals surface area contributed by atoms with E-state index in [-0.39, 0.29) is 5.69 Å². The lowest BCUT2D eigenvalue weighted by molar-refractivity contribution is -0.138. The minimum absolute atomic E-state index is 0.303. The van der Waals surface area contributed by atoms with Crippen molar-refractivity contribution in [3.63, 3.8) is 0 Å². The Kier molecular flexibility index (Phi) is 4.04. The zero-order valence-electron chi connectivity index (χ0n) is 10.6. The molecule has 0 aliphatic heterocycles. The van der Waals surface area contributed by atoms with Crippen LogP contribution in [0.2, 0.25) is 0 Å². The summed E-state index contributed by atoms with van der Waals surface area (Å²) >= 11 is 0. The Morgan fingerprint density at radius 3 is 2.53 bits per heavy atom. The van der Waals surface area contributed by atoms with Crippen molar-refractivity contribution >= 4 is 5.97 Å². The number of rotatable bonds is 4. The first kappa shape index (κ1) is 13.4. The second kappa shape index (κ2) is 5.12. The van der Waals surface area contributed by atoms with E-state index in [1.807, 2.05) is 6.92 Å². The minimum Gasteiger partial charge on any atom is -0.481 e. The normalized spacial score (nSPS) is 12.5. The molecule has 94 valence electrons. The van der Waals surface area contributed by atoms with E-state index < -0.39 is 11.9 Å². The van der Waals surface area contributed by atoms with Gasteiger partial charge in [0.25, 0.3) is 0 Å². The molecular formula is C12H18N2O3. The van der Waals surface area contributed by atoms with Gasteiger partial charge < -0.3 is 5.11 Å². The van der Waals surface area contributed by atoms with Crippen LogP contribution in [-0.2, 0) is 11.3 Å². The first-order chi connectivity index (χ1) is 7.90. The summed E-state index contributed by atoms with van der Waals surface area (Å²) in [6, 6.07) is 0. The number of hydrogen-bond acceptors (Lipinski definition) is 3. The Labute approximate surface area is 100 Å². The SMILES string of the molecule is CCCn1c(C)c(C(C)C(=O)O)c(C)nc1=O. The highest BCUT2D eigenvalue weighted by Crippen LogP contribution is 2.21. The van der Waals surface area contributed by atoms with Gasteiger partial charge in [0.05, 0.1) is 5.92 Å². The molecule has 0 spiro atoms. The van der Waals surface area contributed by atoms with Gasteiger partial charge in [0.15, 0.2) is 0 Å². The first-order valence-corrected chi connectivity index (χ1v) is 5.70. The van der Waals surface area contributed by atoms with Gasteiger partial charge in [-0.25, -0.2) is 4.79 Å². The van der Waals surface area contributed by atoms with E-state index >= 15 is 0 Å². The van der Waals surface area contributed by atoms with Gasteiger partial charge in [-0.3, -0.25) is 9.36 Å². The molecule has 1 aromatic heterocycles. The number of carboxylic acids is 1. The van der Waals surface area contributed by atoms with Crippen molar-refractivity contribution in [1.82, 2.24) is 9.55 Å². The molecule has 5 nitrogen and oxygen atoms in total. The molecule has 0 fully saturated rings. The fourth-order valence-corrected chi connectivity index (χ4v) is 2.05. The van der Waals surface area contributed by atoms with Crippen LogP contribution in [0.5, 0.6) is 0 Å². The topological polar surface area (TPSA) is 72.2 Å². The van der Waals surface area contributed by atoms with Gasteiger partial charge in [-0.05, 0) is 27.2 Å². The molecular weight excluding hydrogens is 220 g/mol. The highest BCUT2D eigenvalue weighted by molar-refractivity contribution is 5.76. The standard InChI is InChI=1S/C12H18N2O3/c1-5-6-14-9(4)10(7(2)11(15)16)8(3)13-12(14)17/h7H,5-6H2,1-4H3,(H,15,16). The monoisotopic (exact) mass is 238 g/mol. The van der Waals surface area contributed by atoms with Crippen LogP contribution in [-0.4, -0.2) is 20.6 Å². The average molecular weight is 238 g/mol. The van der Waals surface area contributed by atoms with E-state index in [4.69, 9.17) is 5.11 Å². The summed E-state index contributed by atoms with van der Waals surface area (Å²) in [5, 5.41) is 9.06. The molecule has 17 heavy (non-hydrogen) atoms. The molecule has 5 heteroatoms. The molecule has 0 amide bonds.